The van der Waals surface area contributed by atoms with Gasteiger partial charge in [-0.05, 0) is 45.0 Å². The van der Waals surface area contributed by atoms with Crippen LogP contribution < -0.4 is 4.74 Å². The normalized spacial score (nSPS) is 10.7. The Morgan fingerprint density at radius 2 is 2.12 bits per heavy atom. The van der Waals surface area contributed by atoms with Crippen LogP contribution in [-0.4, -0.2) is 21.8 Å². The van der Waals surface area contributed by atoms with Crippen molar-refractivity contribution in [1.29, 1.82) is 0 Å². The van der Waals surface area contributed by atoms with Gasteiger partial charge in [0.1, 0.15) is 29.3 Å². The Labute approximate surface area is 144 Å². The molecule has 1 N–H and O–H groups in total. The molecule has 6 nitrogen and oxygen atoms in total. The van der Waals surface area contributed by atoms with E-state index in [0.717, 1.165) is 11.3 Å². The topological polar surface area (TPSA) is 84.9 Å². The first-order chi connectivity index (χ1) is 12.0. The number of aliphatic imine (C=N–C) groups is 1. The van der Waals surface area contributed by atoms with Gasteiger partial charge in [0.25, 0.3) is 0 Å². The van der Waals surface area contributed by atoms with Gasteiger partial charge >= 0.3 is 5.97 Å². The third kappa shape index (κ3) is 3.52. The number of nitrogens with zero attached hydrogens (tertiary/aromatic N) is 2. The third-order valence-corrected chi connectivity index (χ3v) is 3.64. The number of carboxylic acid groups (broad SMARTS) is 1. The fourth-order valence-corrected chi connectivity index (χ4v) is 2.57. The molecular weight excluding hydrogens is 320 g/mol. The minimum Gasteiger partial charge on any atom is -0.489 e. The molecule has 0 spiro atoms. The lowest BCUT2D eigenvalue weighted by Gasteiger charge is -2.08. The number of ether oxygens (including phenoxy) is 1. The predicted molar refractivity (Wildman–Crippen MR) is 94.9 cm³/mol. The second-order valence-electron chi connectivity index (χ2n) is 5.83. The summed E-state index contributed by atoms with van der Waals surface area (Å²) in [5, 5.41) is 9.87. The first kappa shape index (κ1) is 16.7. The molecule has 3 aromatic rings. The van der Waals surface area contributed by atoms with E-state index in [1.807, 2.05) is 26.0 Å². The van der Waals surface area contributed by atoms with Crippen molar-refractivity contribution in [2.75, 3.05) is 0 Å². The maximum absolute atomic E-state index is 11.4. The number of aromatic carboxylic acids is 1. The van der Waals surface area contributed by atoms with Gasteiger partial charge in [-0.25, -0.2) is 14.8 Å². The Balaban J connectivity index is 1.89. The van der Waals surface area contributed by atoms with Crippen LogP contribution in [0.25, 0.3) is 11.0 Å². The lowest BCUT2D eigenvalue weighted by atomic mass is 10.1. The smallest absolute Gasteiger partial charge is 0.339 e. The summed E-state index contributed by atoms with van der Waals surface area (Å²) in [6, 6.07) is 8.87. The molecule has 0 unspecified atom stereocenters. The number of carbonyl (C=O) groups is 1. The van der Waals surface area contributed by atoms with Crippen LogP contribution in [0.5, 0.6) is 5.75 Å². The molecule has 0 aliphatic rings. The van der Waals surface area contributed by atoms with Crippen LogP contribution in [0.15, 0.2) is 45.9 Å². The molecule has 0 aliphatic heterocycles. The molecule has 0 saturated carbocycles. The number of benzene rings is 1. The van der Waals surface area contributed by atoms with Crippen LogP contribution in [0, 0.1) is 6.92 Å². The zero-order valence-electron chi connectivity index (χ0n) is 14.2. The number of hydrogen-bond acceptors (Lipinski definition) is 5. The van der Waals surface area contributed by atoms with Crippen molar-refractivity contribution in [2.45, 2.75) is 27.4 Å². The van der Waals surface area contributed by atoms with E-state index in [2.05, 4.69) is 9.98 Å². The van der Waals surface area contributed by atoms with E-state index in [0.29, 0.717) is 28.3 Å². The first-order valence-corrected chi connectivity index (χ1v) is 7.80. The van der Waals surface area contributed by atoms with Gasteiger partial charge in [0, 0.05) is 22.9 Å². The highest BCUT2D eigenvalue weighted by atomic mass is 16.5. The molecule has 0 fully saturated rings. The monoisotopic (exact) mass is 338 g/mol. The van der Waals surface area contributed by atoms with Gasteiger partial charge in [0.15, 0.2) is 5.82 Å². The van der Waals surface area contributed by atoms with Crippen molar-refractivity contribution in [3.05, 3.63) is 53.4 Å². The molecular formula is C19H18N2O4. The predicted octanol–water partition coefficient (Wildman–Crippen LogP) is 4.53. The molecule has 0 atom stereocenters. The van der Waals surface area contributed by atoms with Crippen LogP contribution in [0.3, 0.4) is 0 Å². The fraction of sp³-hybridized carbons (Fsp3) is 0.211. The van der Waals surface area contributed by atoms with E-state index in [4.69, 9.17) is 9.15 Å². The Morgan fingerprint density at radius 3 is 2.84 bits per heavy atom. The van der Waals surface area contributed by atoms with Crippen LogP contribution in [0.1, 0.15) is 35.5 Å². The average molecular weight is 338 g/mol. The standard InChI is InChI=1S/C19H18N2O4/c1-11(2)21-18-13(5-4-8-20-18)10-24-14-6-7-16-15(9-14)17(19(22)23)12(3)25-16/h4-9H,10H2,1-3H3,(H,22,23). The lowest BCUT2D eigenvalue weighted by molar-refractivity contribution is 0.0697. The van der Waals surface area contributed by atoms with Crippen LogP contribution in [-0.2, 0) is 6.61 Å². The summed E-state index contributed by atoms with van der Waals surface area (Å²) in [4.78, 5) is 20.1. The molecule has 3 rings (SSSR count). The van der Waals surface area contributed by atoms with E-state index in [1.165, 1.54) is 0 Å². The van der Waals surface area contributed by atoms with Gasteiger partial charge in [-0.3, -0.25) is 0 Å². The Morgan fingerprint density at radius 1 is 1.32 bits per heavy atom. The molecule has 128 valence electrons. The zero-order chi connectivity index (χ0) is 18.0. The van der Waals surface area contributed by atoms with E-state index in [1.54, 1.807) is 31.3 Å². The molecule has 0 radical (unpaired) electrons. The van der Waals surface area contributed by atoms with Gasteiger partial charge in [-0.2, -0.15) is 0 Å². The highest BCUT2D eigenvalue weighted by Crippen LogP contribution is 2.29. The van der Waals surface area contributed by atoms with Crippen molar-refractivity contribution in [2.24, 2.45) is 4.99 Å². The summed E-state index contributed by atoms with van der Waals surface area (Å²) in [6.45, 7) is 5.73. The number of pyridine rings is 1. The summed E-state index contributed by atoms with van der Waals surface area (Å²) < 4.78 is 11.3. The van der Waals surface area contributed by atoms with Crippen molar-refractivity contribution < 1.29 is 19.1 Å². The van der Waals surface area contributed by atoms with Crippen LogP contribution >= 0.6 is 0 Å². The van der Waals surface area contributed by atoms with Crippen molar-refractivity contribution in [1.82, 2.24) is 4.98 Å². The van der Waals surface area contributed by atoms with E-state index in [9.17, 15) is 9.90 Å². The van der Waals surface area contributed by atoms with Crippen LogP contribution in [0.4, 0.5) is 5.82 Å². The van der Waals surface area contributed by atoms with E-state index < -0.39 is 5.97 Å². The highest BCUT2D eigenvalue weighted by Gasteiger charge is 2.18. The first-order valence-electron chi connectivity index (χ1n) is 7.80. The average Bonchev–Trinajstić information content (AvgIpc) is 2.88. The Hall–Kier alpha value is -3.15. The fourth-order valence-electron chi connectivity index (χ4n) is 2.57. The van der Waals surface area contributed by atoms with E-state index >= 15 is 0 Å². The number of hydrogen-bond donors (Lipinski definition) is 1. The Kier molecular flexibility index (Phi) is 4.52. The van der Waals surface area contributed by atoms with Crippen molar-refractivity contribution in [3.8, 4) is 5.75 Å². The van der Waals surface area contributed by atoms with Crippen molar-refractivity contribution >= 4 is 28.5 Å². The SMILES string of the molecule is CC(C)=Nc1ncccc1COc1ccc2oc(C)c(C(=O)O)c2c1. The number of rotatable bonds is 5. The molecule has 2 aromatic heterocycles. The number of aryl methyl sites for hydroxylation is 1. The van der Waals surface area contributed by atoms with Gasteiger partial charge in [0.2, 0.25) is 0 Å². The number of aromatic nitrogens is 1. The maximum Gasteiger partial charge on any atom is 0.339 e. The maximum atomic E-state index is 11.4. The molecule has 0 amide bonds. The summed E-state index contributed by atoms with van der Waals surface area (Å²) in [6.07, 6.45) is 1.69. The molecule has 6 heteroatoms. The summed E-state index contributed by atoms with van der Waals surface area (Å²) in [5.74, 6) is 0.536. The third-order valence-electron chi connectivity index (χ3n) is 3.64. The molecule has 1 aromatic carbocycles. The summed E-state index contributed by atoms with van der Waals surface area (Å²) >= 11 is 0. The molecule has 0 bridgehead atoms. The van der Waals surface area contributed by atoms with Crippen molar-refractivity contribution in [3.63, 3.8) is 0 Å². The van der Waals surface area contributed by atoms with Gasteiger partial charge in [0.05, 0.1) is 0 Å². The summed E-state index contributed by atoms with van der Waals surface area (Å²) in [7, 11) is 0. The second-order valence-corrected chi connectivity index (χ2v) is 5.83. The number of carboxylic acids is 1. The zero-order valence-corrected chi connectivity index (χ0v) is 14.2. The minimum absolute atomic E-state index is 0.161. The molecule has 25 heavy (non-hydrogen) atoms. The quantitative estimate of drug-likeness (QED) is 0.691. The number of furan rings is 1. The molecule has 2 heterocycles. The Bertz CT molecular complexity index is 969. The number of fused-ring (bicyclic) bond motifs is 1. The lowest BCUT2D eigenvalue weighted by Crippen LogP contribution is -1.99. The minimum atomic E-state index is -1.02. The van der Waals surface area contributed by atoms with Gasteiger partial charge < -0.3 is 14.3 Å². The second kappa shape index (κ2) is 6.76. The highest BCUT2D eigenvalue weighted by molar-refractivity contribution is 6.03. The van der Waals surface area contributed by atoms with Crippen LogP contribution in [0.2, 0.25) is 0 Å². The molecule has 0 saturated heterocycles. The summed E-state index contributed by atoms with van der Waals surface area (Å²) in [5.41, 5.74) is 2.44. The molecule has 0 aliphatic carbocycles. The van der Waals surface area contributed by atoms with Gasteiger partial charge in [-0.15, -0.1) is 0 Å². The van der Waals surface area contributed by atoms with Gasteiger partial charge in [-0.1, -0.05) is 6.07 Å². The largest absolute Gasteiger partial charge is 0.489 e. The van der Waals surface area contributed by atoms with E-state index in [-0.39, 0.29) is 12.2 Å².